The fourth-order valence-electron chi connectivity index (χ4n) is 2.45. The largest absolute Gasteiger partial charge is 0.479 e. The zero-order valence-electron chi connectivity index (χ0n) is 13.0. The number of ether oxygens (including phenoxy) is 1. The highest BCUT2D eigenvalue weighted by atomic mass is 32.1. The van der Waals surface area contributed by atoms with Gasteiger partial charge in [0.25, 0.3) is 5.69 Å². The molecule has 0 spiro atoms. The Morgan fingerprint density at radius 2 is 1.73 bits per heavy atom. The van der Waals surface area contributed by atoms with Crippen molar-refractivity contribution in [2.75, 3.05) is 6.61 Å². The number of fused-ring (bicyclic) bond motifs is 1. The first-order valence-electron chi connectivity index (χ1n) is 7.26. The summed E-state index contributed by atoms with van der Waals surface area (Å²) >= 11 is 0.975. The van der Waals surface area contributed by atoms with Crippen molar-refractivity contribution < 1.29 is 29.5 Å². The number of nitrogens with zero attached hydrogens (tertiary/aromatic N) is 1. The molecule has 9 heteroatoms. The Balaban J connectivity index is 2.04. The highest BCUT2D eigenvalue weighted by Gasteiger charge is 2.20. The quantitative estimate of drug-likeness (QED) is 0.499. The molecule has 0 aliphatic carbocycles. The van der Waals surface area contributed by atoms with Crippen LogP contribution >= 0.6 is 11.3 Å². The first-order chi connectivity index (χ1) is 12.4. The number of aliphatic carboxylic acids is 1. The molecule has 0 atom stereocenters. The van der Waals surface area contributed by atoms with E-state index >= 15 is 0 Å². The van der Waals surface area contributed by atoms with Crippen LogP contribution in [-0.4, -0.2) is 33.7 Å². The summed E-state index contributed by atoms with van der Waals surface area (Å²) in [6.07, 6.45) is 0. The Labute approximate surface area is 150 Å². The van der Waals surface area contributed by atoms with Gasteiger partial charge >= 0.3 is 11.9 Å². The van der Waals surface area contributed by atoms with E-state index in [9.17, 15) is 24.8 Å². The third-order valence-electron chi connectivity index (χ3n) is 3.59. The lowest BCUT2D eigenvalue weighted by atomic mass is 10.0. The van der Waals surface area contributed by atoms with Crippen molar-refractivity contribution in [3.63, 3.8) is 0 Å². The minimum Gasteiger partial charge on any atom is -0.479 e. The zero-order chi connectivity index (χ0) is 18.8. The van der Waals surface area contributed by atoms with Crippen molar-refractivity contribution in [1.29, 1.82) is 0 Å². The van der Waals surface area contributed by atoms with Crippen LogP contribution in [0.2, 0.25) is 0 Å². The molecule has 0 bridgehead atoms. The van der Waals surface area contributed by atoms with Crippen molar-refractivity contribution in [2.24, 2.45) is 0 Å². The van der Waals surface area contributed by atoms with E-state index in [0.717, 1.165) is 22.5 Å². The summed E-state index contributed by atoms with van der Waals surface area (Å²) in [5, 5.41) is 29.3. The molecule has 0 unspecified atom stereocenters. The average molecular weight is 373 g/mol. The summed E-state index contributed by atoms with van der Waals surface area (Å²) in [6.45, 7) is -0.643. The van der Waals surface area contributed by atoms with Crippen LogP contribution < -0.4 is 4.74 Å². The maximum absolute atomic E-state index is 11.4. The molecule has 0 fully saturated rings. The number of carboxylic acids is 2. The van der Waals surface area contributed by atoms with Crippen LogP contribution in [-0.2, 0) is 4.79 Å². The van der Waals surface area contributed by atoms with Crippen molar-refractivity contribution in [3.05, 3.63) is 57.5 Å². The van der Waals surface area contributed by atoms with E-state index in [4.69, 9.17) is 9.84 Å². The SMILES string of the molecule is O=C(O)COc1c(C(=O)O)sc2cc(-c3ccc([N+](=O)[O-])cc3)ccc12. The van der Waals surface area contributed by atoms with Gasteiger partial charge in [-0.2, -0.15) is 0 Å². The van der Waals surface area contributed by atoms with Crippen LogP contribution in [0.25, 0.3) is 21.2 Å². The molecule has 0 saturated carbocycles. The molecule has 0 aliphatic rings. The van der Waals surface area contributed by atoms with Crippen molar-refractivity contribution in [3.8, 4) is 16.9 Å². The number of thiophene rings is 1. The first-order valence-corrected chi connectivity index (χ1v) is 8.07. The maximum atomic E-state index is 11.4. The van der Waals surface area contributed by atoms with E-state index in [1.807, 2.05) is 0 Å². The number of benzene rings is 2. The molecule has 2 aromatic carbocycles. The molecule has 3 rings (SSSR count). The Bertz CT molecular complexity index is 1020. The van der Waals surface area contributed by atoms with Crippen LogP contribution in [0.1, 0.15) is 9.67 Å². The molecule has 132 valence electrons. The van der Waals surface area contributed by atoms with E-state index in [1.54, 1.807) is 30.3 Å². The van der Waals surface area contributed by atoms with Gasteiger partial charge in [0.2, 0.25) is 0 Å². The number of carbonyl (C=O) groups is 2. The summed E-state index contributed by atoms with van der Waals surface area (Å²) < 4.78 is 5.77. The summed E-state index contributed by atoms with van der Waals surface area (Å²) in [7, 11) is 0. The minimum atomic E-state index is -1.21. The van der Waals surface area contributed by atoms with Crippen molar-refractivity contribution in [1.82, 2.24) is 0 Å². The van der Waals surface area contributed by atoms with Gasteiger partial charge in [-0.25, -0.2) is 9.59 Å². The lowest BCUT2D eigenvalue weighted by Crippen LogP contribution is -2.10. The summed E-state index contributed by atoms with van der Waals surface area (Å²) in [4.78, 5) is 32.3. The normalized spacial score (nSPS) is 10.6. The van der Waals surface area contributed by atoms with Gasteiger partial charge in [-0.15, -0.1) is 11.3 Å². The van der Waals surface area contributed by atoms with Gasteiger partial charge in [-0.05, 0) is 35.4 Å². The van der Waals surface area contributed by atoms with Crippen molar-refractivity contribution >= 4 is 39.0 Å². The summed E-state index contributed by atoms with van der Waals surface area (Å²) in [5.41, 5.74) is 1.45. The first kappa shape index (κ1) is 17.4. The number of nitro groups is 1. The maximum Gasteiger partial charge on any atom is 0.349 e. The molecule has 26 heavy (non-hydrogen) atoms. The smallest absolute Gasteiger partial charge is 0.349 e. The van der Waals surface area contributed by atoms with Crippen LogP contribution in [0.15, 0.2) is 42.5 Å². The Morgan fingerprint density at radius 1 is 1.08 bits per heavy atom. The average Bonchev–Trinajstić information content (AvgIpc) is 2.98. The number of rotatable bonds is 6. The van der Waals surface area contributed by atoms with E-state index < -0.39 is 23.5 Å². The fraction of sp³-hybridized carbons (Fsp3) is 0.0588. The molecule has 0 aliphatic heterocycles. The molecule has 0 amide bonds. The number of hydrogen-bond acceptors (Lipinski definition) is 6. The second-order valence-electron chi connectivity index (χ2n) is 5.26. The van der Waals surface area contributed by atoms with Gasteiger partial charge in [0.15, 0.2) is 17.2 Å². The van der Waals surface area contributed by atoms with E-state index in [2.05, 4.69) is 0 Å². The molecule has 3 aromatic rings. The molecule has 0 radical (unpaired) electrons. The van der Waals surface area contributed by atoms with Gasteiger partial charge in [-0.1, -0.05) is 6.07 Å². The van der Waals surface area contributed by atoms with E-state index in [1.165, 1.54) is 12.1 Å². The molecule has 8 nitrogen and oxygen atoms in total. The summed E-state index contributed by atoms with van der Waals surface area (Å²) in [6, 6.07) is 11.1. The Hall–Kier alpha value is -3.46. The monoisotopic (exact) mass is 373 g/mol. The minimum absolute atomic E-state index is 0.0233. The topological polar surface area (TPSA) is 127 Å². The molecular formula is C17H11NO7S. The standard InChI is InChI=1S/C17H11NO7S/c19-14(20)8-25-15-12-6-3-10(7-13(12)26-16(15)17(21)22)9-1-4-11(5-2-9)18(23)24/h1-7H,8H2,(H,19,20)(H,21,22). The van der Waals surface area contributed by atoms with Gasteiger partial charge in [0, 0.05) is 22.2 Å². The molecule has 1 aromatic heterocycles. The third-order valence-corrected chi connectivity index (χ3v) is 4.71. The highest BCUT2D eigenvalue weighted by Crippen LogP contribution is 2.40. The molecular weight excluding hydrogens is 362 g/mol. The predicted octanol–water partition coefficient (Wildman–Crippen LogP) is 3.64. The van der Waals surface area contributed by atoms with E-state index in [-0.39, 0.29) is 16.3 Å². The van der Waals surface area contributed by atoms with Gasteiger partial charge < -0.3 is 14.9 Å². The molecule has 0 saturated heterocycles. The van der Waals surface area contributed by atoms with Gasteiger partial charge in [-0.3, -0.25) is 10.1 Å². The summed E-state index contributed by atoms with van der Waals surface area (Å²) in [5.74, 6) is -2.39. The molecule has 2 N–H and O–H groups in total. The lowest BCUT2D eigenvalue weighted by Gasteiger charge is -2.04. The Morgan fingerprint density at radius 3 is 2.31 bits per heavy atom. The third kappa shape index (κ3) is 3.33. The predicted molar refractivity (Wildman–Crippen MR) is 94.0 cm³/mol. The number of non-ortho nitro benzene ring substituents is 1. The van der Waals surface area contributed by atoms with Gasteiger partial charge in [0.1, 0.15) is 0 Å². The van der Waals surface area contributed by atoms with Crippen LogP contribution in [0.5, 0.6) is 5.75 Å². The number of nitro benzene ring substituents is 1. The Kier molecular flexibility index (Phi) is 4.55. The van der Waals surface area contributed by atoms with Crippen LogP contribution in [0.3, 0.4) is 0 Å². The number of aromatic carboxylic acids is 1. The zero-order valence-corrected chi connectivity index (χ0v) is 13.9. The van der Waals surface area contributed by atoms with E-state index in [0.29, 0.717) is 10.1 Å². The number of carboxylic acid groups (broad SMARTS) is 2. The van der Waals surface area contributed by atoms with Crippen LogP contribution in [0, 0.1) is 10.1 Å². The highest BCUT2D eigenvalue weighted by molar-refractivity contribution is 7.21. The molecule has 1 heterocycles. The van der Waals surface area contributed by atoms with Gasteiger partial charge in [0.05, 0.1) is 4.92 Å². The van der Waals surface area contributed by atoms with Crippen LogP contribution in [0.4, 0.5) is 5.69 Å². The second kappa shape index (κ2) is 6.81. The lowest BCUT2D eigenvalue weighted by molar-refractivity contribution is -0.384. The second-order valence-corrected chi connectivity index (χ2v) is 6.31. The van der Waals surface area contributed by atoms with Crippen molar-refractivity contribution in [2.45, 2.75) is 0 Å². The fourth-order valence-corrected chi connectivity index (χ4v) is 3.47. The number of hydrogen-bond donors (Lipinski definition) is 2.